The van der Waals surface area contributed by atoms with E-state index in [9.17, 15) is 0 Å². The van der Waals surface area contributed by atoms with E-state index < -0.39 is 0 Å². The Kier molecular flexibility index (Phi) is 4.41. The summed E-state index contributed by atoms with van der Waals surface area (Å²) in [7, 11) is 3.12. The van der Waals surface area contributed by atoms with Crippen LogP contribution in [0, 0.1) is 11.3 Å². The van der Waals surface area contributed by atoms with Crippen molar-refractivity contribution >= 4 is 5.70 Å². The minimum absolute atomic E-state index is 0.407. The van der Waals surface area contributed by atoms with Crippen LogP contribution in [-0.2, 0) is 0 Å². The molecule has 1 aromatic carbocycles. The molecule has 0 bridgehead atoms. The molecule has 0 saturated heterocycles. The monoisotopic (exact) mass is 232 g/mol. The van der Waals surface area contributed by atoms with Gasteiger partial charge in [0.15, 0.2) is 0 Å². The maximum Gasteiger partial charge on any atom is 0.131 e. The second kappa shape index (κ2) is 5.80. The number of ether oxygens (including phenoxy) is 2. The summed E-state index contributed by atoms with van der Waals surface area (Å²) in [6.45, 7) is 1.88. The van der Waals surface area contributed by atoms with Crippen molar-refractivity contribution in [3.63, 3.8) is 0 Å². The number of nitrogens with zero attached hydrogens (tertiary/aromatic N) is 1. The lowest BCUT2D eigenvalue weighted by Crippen LogP contribution is -2.05. The van der Waals surface area contributed by atoms with Gasteiger partial charge in [0, 0.05) is 0 Å². The van der Waals surface area contributed by atoms with Crippen LogP contribution in [0.2, 0.25) is 0 Å². The summed E-state index contributed by atoms with van der Waals surface area (Å²) in [5.41, 5.74) is 7.57. The molecular weight excluding hydrogens is 216 g/mol. The first-order valence-electron chi connectivity index (χ1n) is 5.29. The summed E-state index contributed by atoms with van der Waals surface area (Å²) in [6.07, 6.45) is 0.573. The zero-order valence-electron chi connectivity index (χ0n) is 10.3. The molecule has 0 saturated carbocycles. The fourth-order valence-electron chi connectivity index (χ4n) is 1.60. The van der Waals surface area contributed by atoms with Gasteiger partial charge in [-0.2, -0.15) is 5.26 Å². The second-order valence-corrected chi connectivity index (χ2v) is 3.40. The summed E-state index contributed by atoms with van der Waals surface area (Å²) in [4.78, 5) is 0. The number of rotatable bonds is 4. The first-order valence-corrected chi connectivity index (χ1v) is 5.29. The summed E-state index contributed by atoms with van der Waals surface area (Å²) < 4.78 is 10.5. The summed E-state index contributed by atoms with van der Waals surface area (Å²) >= 11 is 0. The first-order chi connectivity index (χ1) is 8.19. The van der Waals surface area contributed by atoms with E-state index in [2.05, 4.69) is 6.07 Å². The highest BCUT2D eigenvalue weighted by molar-refractivity contribution is 5.77. The fraction of sp³-hybridized carbons (Fsp3) is 0.308. The molecule has 0 radical (unpaired) electrons. The molecule has 0 spiro atoms. The predicted molar refractivity (Wildman–Crippen MR) is 66.6 cm³/mol. The van der Waals surface area contributed by atoms with Crippen LogP contribution in [-0.4, -0.2) is 14.2 Å². The zero-order valence-corrected chi connectivity index (χ0v) is 10.3. The maximum atomic E-state index is 9.02. The Morgan fingerprint density at radius 3 is 2.18 bits per heavy atom. The van der Waals surface area contributed by atoms with Gasteiger partial charge in [-0.3, -0.25) is 0 Å². The molecule has 90 valence electrons. The molecular formula is C13H16N2O2. The number of hydrogen-bond acceptors (Lipinski definition) is 4. The molecule has 0 heterocycles. The van der Waals surface area contributed by atoms with Crippen molar-refractivity contribution in [2.45, 2.75) is 13.3 Å². The number of nitriles is 1. The van der Waals surface area contributed by atoms with Crippen LogP contribution in [0.5, 0.6) is 11.5 Å². The van der Waals surface area contributed by atoms with E-state index in [0.717, 1.165) is 0 Å². The van der Waals surface area contributed by atoms with Gasteiger partial charge in [-0.25, -0.2) is 0 Å². The number of allylic oxidation sites excluding steroid dienone is 1. The van der Waals surface area contributed by atoms with Gasteiger partial charge >= 0.3 is 0 Å². The molecule has 1 rings (SSSR count). The van der Waals surface area contributed by atoms with E-state index >= 15 is 0 Å². The fourth-order valence-corrected chi connectivity index (χ4v) is 1.60. The molecule has 0 aliphatic carbocycles. The Hall–Kier alpha value is -2.15. The molecule has 4 heteroatoms. The van der Waals surface area contributed by atoms with Gasteiger partial charge in [-0.15, -0.1) is 0 Å². The SMILES string of the molecule is CC/C(C#N)=C(/N)c1c(OC)cccc1OC. The average molecular weight is 232 g/mol. The van der Waals surface area contributed by atoms with Crippen LogP contribution in [0.1, 0.15) is 18.9 Å². The van der Waals surface area contributed by atoms with Gasteiger partial charge in [-0.05, 0) is 18.6 Å². The van der Waals surface area contributed by atoms with E-state index in [0.29, 0.717) is 34.8 Å². The highest BCUT2D eigenvalue weighted by Crippen LogP contribution is 2.34. The van der Waals surface area contributed by atoms with E-state index in [4.69, 9.17) is 20.5 Å². The van der Waals surface area contributed by atoms with Crippen molar-refractivity contribution in [3.8, 4) is 17.6 Å². The Balaban J connectivity index is 3.48. The summed E-state index contributed by atoms with van der Waals surface area (Å²) in [6, 6.07) is 7.48. The van der Waals surface area contributed by atoms with Crippen LogP contribution in [0.25, 0.3) is 5.70 Å². The number of benzene rings is 1. The summed E-state index contributed by atoms with van der Waals surface area (Å²) in [5.74, 6) is 1.20. The molecule has 0 aliphatic rings. The van der Waals surface area contributed by atoms with Crippen molar-refractivity contribution < 1.29 is 9.47 Å². The van der Waals surface area contributed by atoms with Crippen LogP contribution >= 0.6 is 0 Å². The van der Waals surface area contributed by atoms with E-state index in [1.807, 2.05) is 13.0 Å². The van der Waals surface area contributed by atoms with E-state index in [1.54, 1.807) is 26.4 Å². The molecule has 0 amide bonds. The number of methoxy groups -OCH3 is 2. The lowest BCUT2D eigenvalue weighted by atomic mass is 10.0. The Bertz CT molecular complexity index is 451. The third-order valence-electron chi connectivity index (χ3n) is 2.51. The van der Waals surface area contributed by atoms with E-state index in [-0.39, 0.29) is 0 Å². The van der Waals surface area contributed by atoms with Crippen LogP contribution in [0.3, 0.4) is 0 Å². The Morgan fingerprint density at radius 2 is 1.82 bits per heavy atom. The molecule has 17 heavy (non-hydrogen) atoms. The van der Waals surface area contributed by atoms with Gasteiger partial charge in [0.25, 0.3) is 0 Å². The van der Waals surface area contributed by atoms with Gasteiger partial charge in [0.05, 0.1) is 37.1 Å². The molecule has 4 nitrogen and oxygen atoms in total. The molecule has 1 aromatic rings. The molecule has 0 fully saturated rings. The maximum absolute atomic E-state index is 9.02. The van der Waals surface area contributed by atoms with Gasteiger partial charge in [-0.1, -0.05) is 13.0 Å². The summed E-state index contributed by atoms with van der Waals surface area (Å²) in [5, 5.41) is 9.02. The highest BCUT2D eigenvalue weighted by atomic mass is 16.5. The number of hydrogen-bond donors (Lipinski definition) is 1. The van der Waals surface area contributed by atoms with Crippen LogP contribution in [0.15, 0.2) is 23.8 Å². The molecule has 0 atom stereocenters. The van der Waals surface area contributed by atoms with Crippen molar-refractivity contribution in [2.24, 2.45) is 5.73 Å². The first kappa shape index (κ1) is 12.9. The average Bonchev–Trinajstić information content (AvgIpc) is 2.38. The van der Waals surface area contributed by atoms with Crippen molar-refractivity contribution in [1.82, 2.24) is 0 Å². The molecule has 0 aromatic heterocycles. The van der Waals surface area contributed by atoms with Crippen LogP contribution < -0.4 is 15.2 Å². The van der Waals surface area contributed by atoms with Crippen molar-refractivity contribution in [1.29, 1.82) is 5.26 Å². The van der Waals surface area contributed by atoms with Crippen LogP contribution in [0.4, 0.5) is 0 Å². The minimum atomic E-state index is 0.407. The predicted octanol–water partition coefficient (Wildman–Crippen LogP) is 2.31. The lowest BCUT2D eigenvalue weighted by Gasteiger charge is -2.14. The number of nitrogens with two attached hydrogens (primary N) is 1. The molecule has 0 unspecified atom stereocenters. The molecule has 0 aliphatic heterocycles. The van der Waals surface area contributed by atoms with E-state index in [1.165, 1.54) is 0 Å². The topological polar surface area (TPSA) is 68.3 Å². The second-order valence-electron chi connectivity index (χ2n) is 3.40. The highest BCUT2D eigenvalue weighted by Gasteiger charge is 2.15. The smallest absolute Gasteiger partial charge is 0.131 e. The Morgan fingerprint density at radius 1 is 1.29 bits per heavy atom. The van der Waals surface area contributed by atoms with Crippen molar-refractivity contribution in [3.05, 3.63) is 29.3 Å². The van der Waals surface area contributed by atoms with Gasteiger partial charge < -0.3 is 15.2 Å². The largest absolute Gasteiger partial charge is 0.496 e. The lowest BCUT2D eigenvalue weighted by molar-refractivity contribution is 0.392. The zero-order chi connectivity index (χ0) is 12.8. The van der Waals surface area contributed by atoms with Crippen molar-refractivity contribution in [2.75, 3.05) is 14.2 Å². The Labute approximate surface area is 101 Å². The third kappa shape index (κ3) is 2.51. The minimum Gasteiger partial charge on any atom is -0.496 e. The third-order valence-corrected chi connectivity index (χ3v) is 2.51. The standard InChI is InChI=1S/C13H16N2O2/c1-4-9(8-14)13(15)12-10(16-2)6-5-7-11(12)17-3/h5-7H,4,15H2,1-3H3/b13-9-. The van der Waals surface area contributed by atoms with Gasteiger partial charge in [0.1, 0.15) is 11.5 Å². The van der Waals surface area contributed by atoms with Gasteiger partial charge in [0.2, 0.25) is 0 Å². The normalized spacial score (nSPS) is 11.4. The molecule has 2 N–H and O–H groups in total. The quantitative estimate of drug-likeness (QED) is 0.809.